The number of amides is 1. The maximum atomic E-state index is 13.5. The van der Waals surface area contributed by atoms with E-state index in [-0.39, 0.29) is 5.54 Å². The van der Waals surface area contributed by atoms with Crippen LogP contribution in [0.4, 0.5) is 15.8 Å². The van der Waals surface area contributed by atoms with Crippen LogP contribution in [-0.2, 0) is 11.3 Å². The number of primary amides is 1. The third kappa shape index (κ3) is 4.28. The maximum absolute atomic E-state index is 13.5. The van der Waals surface area contributed by atoms with Gasteiger partial charge in [0.25, 0.3) is 11.7 Å². The molecule has 2 aliphatic heterocycles. The lowest BCUT2D eigenvalue weighted by atomic mass is 9.84. The van der Waals surface area contributed by atoms with Gasteiger partial charge in [0, 0.05) is 63.0 Å². The minimum atomic E-state index is -0.606. The van der Waals surface area contributed by atoms with Gasteiger partial charge in [-0.15, -0.1) is 0 Å². The number of carbonyl (C=O) groups excluding carboxylic acids is 1. The van der Waals surface area contributed by atoms with Gasteiger partial charge in [-0.2, -0.15) is 4.39 Å². The summed E-state index contributed by atoms with van der Waals surface area (Å²) in [7, 11) is 0. The Morgan fingerprint density at radius 2 is 1.94 bits per heavy atom. The predicted octanol–water partition coefficient (Wildman–Crippen LogP) is 1.00. The Balaban J connectivity index is 1.51. The van der Waals surface area contributed by atoms with Gasteiger partial charge in [-0.3, -0.25) is 9.69 Å². The Bertz CT molecular complexity index is 1040. The Kier molecular flexibility index (Phi) is 5.71. The number of aromatic nitrogens is 1. The third-order valence-electron chi connectivity index (χ3n) is 6.07. The number of nitrogens with two attached hydrogens (primary N) is 3. The van der Waals surface area contributed by atoms with Crippen molar-refractivity contribution in [3.63, 3.8) is 0 Å². The summed E-state index contributed by atoms with van der Waals surface area (Å²) in [6.45, 7) is 2.97. The molecule has 31 heavy (non-hydrogen) atoms. The molecule has 0 bridgehead atoms. The molecule has 1 fully saturated rings. The summed E-state index contributed by atoms with van der Waals surface area (Å²) in [5.41, 5.74) is 20.0. The zero-order chi connectivity index (χ0) is 22.0. The average Bonchev–Trinajstić information content (AvgIpc) is 2.74. The zero-order valence-electron chi connectivity index (χ0n) is 17.2. The van der Waals surface area contributed by atoms with Crippen LogP contribution in [0.3, 0.4) is 0 Å². The van der Waals surface area contributed by atoms with Gasteiger partial charge in [-0.05, 0) is 17.7 Å². The van der Waals surface area contributed by atoms with Crippen LogP contribution in [0.5, 0.6) is 0 Å². The quantitative estimate of drug-likeness (QED) is 0.311. The minimum absolute atomic E-state index is 0.343. The van der Waals surface area contributed by atoms with Crippen molar-refractivity contribution < 1.29 is 13.8 Å². The third-order valence-corrected chi connectivity index (χ3v) is 6.07. The number of pyridine rings is 1. The van der Waals surface area contributed by atoms with Gasteiger partial charge in [0.05, 0.1) is 0 Å². The molecule has 2 aliphatic rings. The second kappa shape index (κ2) is 8.44. The monoisotopic (exact) mass is 424 g/mol. The molecule has 9 heteroatoms. The summed E-state index contributed by atoms with van der Waals surface area (Å²) in [4.78, 5) is 17.8. The Morgan fingerprint density at radius 1 is 1.23 bits per heavy atom. The Morgan fingerprint density at radius 3 is 2.55 bits per heavy atom. The molecule has 1 aromatic heterocycles. The number of nitrogens with zero attached hydrogens (tertiary/aromatic N) is 3. The Hall–Kier alpha value is -3.30. The maximum Gasteiger partial charge on any atom is 0.296 e. The van der Waals surface area contributed by atoms with Gasteiger partial charge < -0.3 is 17.2 Å². The summed E-state index contributed by atoms with van der Waals surface area (Å²) < 4.78 is 15.5. The summed E-state index contributed by atoms with van der Waals surface area (Å²) in [6.07, 6.45) is 4.74. The van der Waals surface area contributed by atoms with Crippen molar-refractivity contribution in [2.75, 3.05) is 30.7 Å². The van der Waals surface area contributed by atoms with Crippen LogP contribution >= 0.6 is 0 Å². The lowest BCUT2D eigenvalue weighted by Crippen LogP contribution is -2.59. The van der Waals surface area contributed by atoms with E-state index >= 15 is 0 Å². The van der Waals surface area contributed by atoms with Gasteiger partial charge in [0.2, 0.25) is 5.95 Å². The number of nitrogens with one attached hydrogen (secondary N) is 1. The first-order valence-corrected chi connectivity index (χ1v) is 10.2. The first-order chi connectivity index (χ1) is 14.9. The van der Waals surface area contributed by atoms with Crippen LogP contribution < -0.4 is 22.5 Å². The lowest BCUT2D eigenvalue weighted by Gasteiger charge is -2.42. The molecule has 3 heterocycles. The van der Waals surface area contributed by atoms with E-state index in [1.807, 2.05) is 28.8 Å². The molecule has 0 radical (unpaired) electrons. The van der Waals surface area contributed by atoms with E-state index in [0.29, 0.717) is 23.6 Å². The second-order valence-corrected chi connectivity index (χ2v) is 8.06. The molecule has 1 saturated heterocycles. The number of hydrogen-bond acceptors (Lipinski definition) is 6. The minimum Gasteiger partial charge on any atom is -0.399 e. The number of carbonyl (C=O) groups is 1. The first-order valence-electron chi connectivity index (χ1n) is 10.2. The van der Waals surface area contributed by atoms with Gasteiger partial charge in [-0.1, -0.05) is 12.1 Å². The molecule has 2 aromatic rings. The number of benzene rings is 1. The molecule has 0 spiro atoms. The standard InChI is InChI=1S/C22H26FN7O/c23-19-11-17(5-8-27-19)28-21-18(20(26)31)13-30(21)22(14-24)6-9-29(10-7-22)12-15-1-3-16(25)4-2-15/h1-5,8,11,13H,6-7,9-10,12,14,24-25H2,(H2,26,31)/p+1. The molecular formula is C22H27FN7O+. The number of piperidine rings is 1. The van der Waals surface area contributed by atoms with Gasteiger partial charge in [0.1, 0.15) is 17.4 Å². The molecule has 7 N–H and O–H groups in total. The van der Waals surface area contributed by atoms with Crippen molar-refractivity contribution in [2.24, 2.45) is 11.5 Å². The fourth-order valence-corrected chi connectivity index (χ4v) is 4.17. The normalized spacial score (nSPS) is 18.3. The molecular weight excluding hydrogens is 397 g/mol. The summed E-state index contributed by atoms with van der Waals surface area (Å²) >= 11 is 0. The summed E-state index contributed by atoms with van der Waals surface area (Å²) in [5.74, 6) is -0.595. The molecule has 0 unspecified atom stereocenters. The highest BCUT2D eigenvalue weighted by Crippen LogP contribution is 2.31. The van der Waals surface area contributed by atoms with E-state index in [0.717, 1.165) is 38.2 Å². The van der Waals surface area contributed by atoms with E-state index in [2.05, 4.69) is 15.2 Å². The van der Waals surface area contributed by atoms with Crippen LogP contribution in [-0.4, -0.2) is 51.4 Å². The number of rotatable bonds is 6. The van der Waals surface area contributed by atoms with Crippen LogP contribution in [0.25, 0.3) is 0 Å². The molecule has 0 aliphatic carbocycles. The molecule has 0 saturated carbocycles. The predicted molar refractivity (Wildman–Crippen MR) is 118 cm³/mol. The van der Waals surface area contributed by atoms with E-state index in [1.54, 1.807) is 12.3 Å². The number of halogens is 1. The van der Waals surface area contributed by atoms with Crippen molar-refractivity contribution in [1.82, 2.24) is 9.88 Å². The molecule has 0 atom stereocenters. The van der Waals surface area contributed by atoms with Crippen molar-refractivity contribution in [3.8, 4) is 0 Å². The lowest BCUT2D eigenvalue weighted by molar-refractivity contribution is -0.561. The molecule has 1 aromatic carbocycles. The number of nitrogen functional groups attached to an aromatic ring is 1. The van der Waals surface area contributed by atoms with Crippen molar-refractivity contribution in [3.05, 3.63) is 65.9 Å². The first kappa shape index (κ1) is 21.0. The fraction of sp³-hybridized carbons (Fsp3) is 0.318. The van der Waals surface area contributed by atoms with E-state index in [9.17, 15) is 9.18 Å². The van der Waals surface area contributed by atoms with Crippen molar-refractivity contribution in [1.29, 1.82) is 0 Å². The number of amidine groups is 1. The SMILES string of the molecule is NCC1([N+]2=C(Nc3ccnc(F)c3)C(C(N)=O)=C2)CCN(Cc2ccc(N)cc2)CC1. The van der Waals surface area contributed by atoms with Crippen LogP contribution in [0.15, 0.2) is 54.4 Å². The second-order valence-electron chi connectivity index (χ2n) is 8.06. The highest BCUT2D eigenvalue weighted by molar-refractivity contribution is 6.24. The van der Waals surface area contributed by atoms with Crippen LogP contribution in [0, 0.1) is 5.95 Å². The van der Waals surface area contributed by atoms with Crippen molar-refractivity contribution >= 4 is 23.1 Å². The molecule has 4 rings (SSSR count). The molecule has 162 valence electrons. The van der Waals surface area contributed by atoms with Gasteiger partial charge >= 0.3 is 0 Å². The number of anilines is 2. The number of hydrogen-bond donors (Lipinski definition) is 4. The van der Waals surface area contributed by atoms with E-state index in [1.165, 1.54) is 17.8 Å². The molecule has 8 nitrogen and oxygen atoms in total. The largest absolute Gasteiger partial charge is 0.399 e. The van der Waals surface area contributed by atoms with Gasteiger partial charge in [-0.25, -0.2) is 14.9 Å². The molecule has 1 amide bonds. The summed E-state index contributed by atoms with van der Waals surface area (Å²) in [5, 5.41) is 3.13. The van der Waals surface area contributed by atoms with Crippen molar-refractivity contribution in [2.45, 2.75) is 24.9 Å². The topological polar surface area (TPSA) is 126 Å². The Labute approximate surface area is 180 Å². The van der Waals surface area contributed by atoms with E-state index in [4.69, 9.17) is 17.2 Å². The average molecular weight is 425 g/mol. The van der Waals surface area contributed by atoms with Gasteiger partial charge in [0.15, 0.2) is 5.57 Å². The number of likely N-dealkylation sites (tertiary alicyclic amines) is 1. The smallest absolute Gasteiger partial charge is 0.296 e. The zero-order valence-corrected chi connectivity index (χ0v) is 17.2. The van der Waals surface area contributed by atoms with Crippen LogP contribution in [0.2, 0.25) is 0 Å². The van der Waals surface area contributed by atoms with Crippen LogP contribution in [0.1, 0.15) is 18.4 Å². The summed E-state index contributed by atoms with van der Waals surface area (Å²) in [6, 6.07) is 10.8. The highest BCUT2D eigenvalue weighted by atomic mass is 19.1. The highest BCUT2D eigenvalue weighted by Gasteiger charge is 2.47. The van der Waals surface area contributed by atoms with E-state index < -0.39 is 11.9 Å². The fourth-order valence-electron chi connectivity index (χ4n) is 4.17.